The Morgan fingerprint density at radius 2 is 2.29 bits per heavy atom. The Balaban J connectivity index is 2.48. The van der Waals surface area contributed by atoms with Crippen molar-refractivity contribution in [3.8, 4) is 0 Å². The highest BCUT2D eigenvalue weighted by atomic mass is 16.5. The van der Waals surface area contributed by atoms with E-state index in [0.29, 0.717) is 31.5 Å². The fourth-order valence-corrected chi connectivity index (χ4v) is 0.947. The van der Waals surface area contributed by atoms with Crippen molar-refractivity contribution in [2.75, 3.05) is 38.8 Å². The van der Waals surface area contributed by atoms with Gasteiger partial charge in [0.2, 0.25) is 5.89 Å². The molecule has 0 fully saturated rings. The van der Waals surface area contributed by atoms with Crippen molar-refractivity contribution in [1.82, 2.24) is 10.2 Å². The Labute approximate surface area is 83.0 Å². The number of ether oxygens (including phenoxy) is 1. The third-order valence-electron chi connectivity index (χ3n) is 1.77. The Hall–Kier alpha value is -1.14. The zero-order valence-electron chi connectivity index (χ0n) is 8.56. The van der Waals surface area contributed by atoms with Gasteiger partial charge in [0, 0.05) is 33.7 Å². The molecule has 1 aromatic rings. The monoisotopic (exact) mass is 200 g/mol. The Bertz CT molecular complexity index is 264. The number of nitrogens with two attached hydrogens (primary N) is 1. The minimum absolute atomic E-state index is 0.505. The van der Waals surface area contributed by atoms with Crippen LogP contribution in [0.4, 0.5) is 6.01 Å². The summed E-state index contributed by atoms with van der Waals surface area (Å²) in [5, 5.41) is 7.74. The fourth-order valence-electron chi connectivity index (χ4n) is 0.947. The van der Waals surface area contributed by atoms with Crippen molar-refractivity contribution >= 4 is 6.01 Å². The SMILES string of the molecule is COCCN(C)c1nnc(CCN)o1. The van der Waals surface area contributed by atoms with Crippen LogP contribution in [0.15, 0.2) is 4.42 Å². The standard InChI is InChI=1S/C8H16N4O2/c1-12(5-6-13-2)8-11-10-7(14-8)3-4-9/h3-6,9H2,1-2H3. The molecule has 1 heterocycles. The van der Waals surface area contributed by atoms with Gasteiger partial charge in [0.05, 0.1) is 6.61 Å². The van der Waals surface area contributed by atoms with Crippen molar-refractivity contribution in [3.05, 3.63) is 5.89 Å². The quantitative estimate of drug-likeness (QED) is 0.676. The maximum atomic E-state index is 5.36. The van der Waals surface area contributed by atoms with Crippen molar-refractivity contribution in [3.63, 3.8) is 0 Å². The van der Waals surface area contributed by atoms with Crippen molar-refractivity contribution in [2.45, 2.75) is 6.42 Å². The lowest BCUT2D eigenvalue weighted by Crippen LogP contribution is -2.22. The van der Waals surface area contributed by atoms with Gasteiger partial charge in [-0.05, 0) is 0 Å². The van der Waals surface area contributed by atoms with Gasteiger partial charge in [0.15, 0.2) is 0 Å². The van der Waals surface area contributed by atoms with Gasteiger partial charge < -0.3 is 19.8 Å². The smallest absolute Gasteiger partial charge is 0.317 e. The first-order chi connectivity index (χ1) is 6.77. The molecule has 0 radical (unpaired) electrons. The van der Waals surface area contributed by atoms with Gasteiger partial charge in [-0.2, -0.15) is 0 Å². The molecule has 6 heteroatoms. The van der Waals surface area contributed by atoms with E-state index in [9.17, 15) is 0 Å². The van der Waals surface area contributed by atoms with Crippen LogP contribution < -0.4 is 10.6 Å². The van der Waals surface area contributed by atoms with Crippen LogP contribution in [-0.4, -0.2) is 44.1 Å². The predicted molar refractivity (Wildman–Crippen MR) is 52.2 cm³/mol. The lowest BCUT2D eigenvalue weighted by atomic mass is 10.4. The molecule has 1 aromatic heterocycles. The predicted octanol–water partition coefficient (Wildman–Crippen LogP) is -0.347. The zero-order valence-corrected chi connectivity index (χ0v) is 8.56. The first-order valence-corrected chi connectivity index (χ1v) is 4.50. The Morgan fingerprint density at radius 3 is 2.93 bits per heavy atom. The molecule has 0 atom stereocenters. The van der Waals surface area contributed by atoms with Crippen LogP contribution in [0.2, 0.25) is 0 Å². The van der Waals surface area contributed by atoms with Gasteiger partial charge in [-0.1, -0.05) is 5.10 Å². The first kappa shape index (κ1) is 10.9. The van der Waals surface area contributed by atoms with Gasteiger partial charge in [-0.15, -0.1) is 5.10 Å². The molecule has 14 heavy (non-hydrogen) atoms. The molecule has 0 aromatic carbocycles. The maximum absolute atomic E-state index is 5.36. The van der Waals surface area contributed by atoms with Crippen molar-refractivity contribution in [2.24, 2.45) is 5.73 Å². The summed E-state index contributed by atoms with van der Waals surface area (Å²) in [6.07, 6.45) is 0.616. The van der Waals surface area contributed by atoms with Gasteiger partial charge >= 0.3 is 6.01 Å². The molecule has 0 saturated carbocycles. The second kappa shape index (κ2) is 5.56. The summed E-state index contributed by atoms with van der Waals surface area (Å²) >= 11 is 0. The van der Waals surface area contributed by atoms with E-state index in [1.807, 2.05) is 11.9 Å². The van der Waals surface area contributed by atoms with Crippen molar-refractivity contribution in [1.29, 1.82) is 0 Å². The molecule has 1 rings (SSSR count). The minimum atomic E-state index is 0.505. The second-order valence-corrected chi connectivity index (χ2v) is 2.93. The molecule has 0 bridgehead atoms. The molecular weight excluding hydrogens is 184 g/mol. The second-order valence-electron chi connectivity index (χ2n) is 2.93. The third kappa shape index (κ3) is 2.97. The average molecular weight is 200 g/mol. The fraction of sp³-hybridized carbons (Fsp3) is 0.750. The summed E-state index contributed by atoms with van der Waals surface area (Å²) in [7, 11) is 3.53. The lowest BCUT2D eigenvalue weighted by Gasteiger charge is -2.12. The molecule has 0 aliphatic heterocycles. The third-order valence-corrected chi connectivity index (χ3v) is 1.77. The maximum Gasteiger partial charge on any atom is 0.317 e. The molecule has 2 N–H and O–H groups in total. The van der Waals surface area contributed by atoms with Crippen LogP contribution in [0.5, 0.6) is 0 Å². The van der Waals surface area contributed by atoms with Gasteiger partial charge in [-0.25, -0.2) is 0 Å². The molecule has 0 saturated heterocycles. The molecule has 0 unspecified atom stereocenters. The van der Waals surface area contributed by atoms with E-state index in [1.54, 1.807) is 7.11 Å². The van der Waals surface area contributed by atoms with Gasteiger partial charge in [-0.3, -0.25) is 0 Å². The number of rotatable bonds is 6. The van der Waals surface area contributed by atoms with E-state index in [4.69, 9.17) is 14.9 Å². The molecule has 0 spiro atoms. The van der Waals surface area contributed by atoms with Crippen molar-refractivity contribution < 1.29 is 9.15 Å². The molecule has 0 aliphatic rings. The van der Waals surface area contributed by atoms with Gasteiger partial charge in [0.1, 0.15) is 0 Å². The Kier molecular flexibility index (Phi) is 4.34. The van der Waals surface area contributed by atoms with Gasteiger partial charge in [0.25, 0.3) is 0 Å². The number of likely N-dealkylation sites (N-methyl/N-ethyl adjacent to an activating group) is 1. The van der Waals surface area contributed by atoms with Crippen LogP contribution in [0, 0.1) is 0 Å². The molecule has 0 aliphatic carbocycles. The zero-order chi connectivity index (χ0) is 10.4. The van der Waals surface area contributed by atoms with E-state index in [2.05, 4.69) is 10.2 Å². The highest BCUT2D eigenvalue weighted by Crippen LogP contribution is 2.09. The van der Waals surface area contributed by atoms with Crippen LogP contribution in [0.3, 0.4) is 0 Å². The van der Waals surface area contributed by atoms with Crippen LogP contribution in [0.25, 0.3) is 0 Å². The van der Waals surface area contributed by atoms with Crippen LogP contribution in [-0.2, 0) is 11.2 Å². The summed E-state index contributed by atoms with van der Waals surface area (Å²) in [5.74, 6) is 0.576. The van der Waals surface area contributed by atoms with E-state index in [0.717, 1.165) is 6.54 Å². The highest BCUT2D eigenvalue weighted by molar-refractivity contribution is 5.21. The molecule has 80 valence electrons. The first-order valence-electron chi connectivity index (χ1n) is 4.50. The molecule has 6 nitrogen and oxygen atoms in total. The number of nitrogens with zero attached hydrogens (tertiary/aromatic N) is 3. The Morgan fingerprint density at radius 1 is 1.50 bits per heavy atom. The van der Waals surface area contributed by atoms with Crippen LogP contribution >= 0.6 is 0 Å². The minimum Gasteiger partial charge on any atom is -0.408 e. The topological polar surface area (TPSA) is 77.4 Å². The van der Waals surface area contributed by atoms with E-state index in [1.165, 1.54) is 0 Å². The normalized spacial score (nSPS) is 10.5. The van der Waals surface area contributed by atoms with E-state index < -0.39 is 0 Å². The number of anilines is 1. The summed E-state index contributed by atoms with van der Waals surface area (Å²) in [5.41, 5.74) is 5.36. The van der Waals surface area contributed by atoms with E-state index >= 15 is 0 Å². The van der Waals surface area contributed by atoms with E-state index in [-0.39, 0.29) is 0 Å². The summed E-state index contributed by atoms with van der Waals surface area (Å²) < 4.78 is 10.3. The highest BCUT2D eigenvalue weighted by Gasteiger charge is 2.09. The number of aromatic nitrogens is 2. The average Bonchev–Trinajstić information content (AvgIpc) is 2.63. The molecular formula is C8H16N4O2. The lowest BCUT2D eigenvalue weighted by molar-refractivity contribution is 0.205. The summed E-state index contributed by atoms with van der Waals surface area (Å²) in [4.78, 5) is 1.84. The summed E-state index contributed by atoms with van der Waals surface area (Å²) in [6, 6.07) is 0.505. The largest absolute Gasteiger partial charge is 0.408 e. The molecule has 0 amide bonds. The number of methoxy groups -OCH3 is 1. The number of hydrogen-bond donors (Lipinski definition) is 1. The number of hydrogen-bond acceptors (Lipinski definition) is 6. The van der Waals surface area contributed by atoms with Crippen LogP contribution in [0.1, 0.15) is 5.89 Å². The summed E-state index contributed by atoms with van der Waals surface area (Å²) in [6.45, 7) is 1.87.